The van der Waals surface area contributed by atoms with E-state index in [9.17, 15) is 0 Å². The van der Waals surface area contributed by atoms with Crippen LogP contribution >= 0.6 is 0 Å². The smallest absolute Gasteiger partial charge is 0.116 e. The van der Waals surface area contributed by atoms with Crippen molar-refractivity contribution < 1.29 is 0 Å². The van der Waals surface area contributed by atoms with E-state index in [4.69, 9.17) is 4.98 Å². The summed E-state index contributed by atoms with van der Waals surface area (Å²) in [4.78, 5) is 5.00. The maximum Gasteiger partial charge on any atom is 0.116 e. The Bertz CT molecular complexity index is 1420. The molecule has 0 N–H and O–H groups in total. The summed E-state index contributed by atoms with van der Waals surface area (Å²) in [6, 6.07) is 25.2. The van der Waals surface area contributed by atoms with Gasteiger partial charge in [-0.15, -0.1) is 0 Å². The summed E-state index contributed by atoms with van der Waals surface area (Å²) in [6.45, 7) is 16.8. The normalized spacial score (nSPS) is 15.0. The van der Waals surface area contributed by atoms with E-state index in [0.717, 1.165) is 0 Å². The molecule has 172 valence electrons. The van der Waals surface area contributed by atoms with E-state index >= 15 is 0 Å². The molecule has 1 nitrogen and oxygen atoms in total. The highest BCUT2D eigenvalue weighted by molar-refractivity contribution is 7.07. The molecule has 4 aromatic rings. The molecule has 1 aliphatic heterocycles. The summed E-state index contributed by atoms with van der Waals surface area (Å²) in [7, 11) is -3.23. The molecule has 3 heteroatoms. The fourth-order valence-electron chi connectivity index (χ4n) is 5.49. The molecule has 0 bridgehead atoms. The van der Waals surface area contributed by atoms with Crippen LogP contribution in [0.4, 0.5) is 0 Å². The Morgan fingerprint density at radius 3 is 2.21 bits per heavy atom. The largest absolute Gasteiger partial charge is 0.256 e. The van der Waals surface area contributed by atoms with Gasteiger partial charge >= 0.3 is 0 Å². The van der Waals surface area contributed by atoms with Gasteiger partial charge in [0.2, 0.25) is 0 Å². The van der Waals surface area contributed by atoms with E-state index in [-0.39, 0.29) is 0 Å². The molecule has 0 aliphatic carbocycles. The lowest BCUT2D eigenvalue weighted by Gasteiger charge is -2.26. The van der Waals surface area contributed by atoms with Crippen LogP contribution in [-0.2, 0) is 0 Å². The number of rotatable bonds is 4. The minimum absolute atomic E-state index is 0.463. The van der Waals surface area contributed by atoms with E-state index in [1.807, 2.05) is 6.20 Å². The van der Waals surface area contributed by atoms with Crippen LogP contribution in [0.25, 0.3) is 33.3 Å². The molecule has 0 fully saturated rings. The molecular weight excluding hydrogens is 443 g/mol. The van der Waals surface area contributed by atoms with Crippen molar-refractivity contribution in [3.05, 3.63) is 89.6 Å². The van der Waals surface area contributed by atoms with Crippen LogP contribution in [0.15, 0.2) is 72.9 Å². The van der Waals surface area contributed by atoms with Crippen LogP contribution in [0.5, 0.6) is 0 Å². The predicted octanol–water partition coefficient (Wildman–Crippen LogP) is 7.58. The van der Waals surface area contributed by atoms with Gasteiger partial charge in [-0.25, -0.2) is 0 Å². The van der Waals surface area contributed by atoms with Crippen LogP contribution in [0.2, 0.25) is 32.7 Å². The first-order valence-corrected chi connectivity index (χ1v) is 18.9. The van der Waals surface area contributed by atoms with Gasteiger partial charge in [-0.2, -0.15) is 0 Å². The van der Waals surface area contributed by atoms with Crippen molar-refractivity contribution in [3.8, 4) is 11.3 Å². The first kappa shape index (κ1) is 23.0. The third kappa shape index (κ3) is 3.81. The maximum atomic E-state index is 5.00. The van der Waals surface area contributed by atoms with Gasteiger partial charge in [0.05, 0.1) is 13.8 Å². The van der Waals surface area contributed by atoms with Gasteiger partial charge in [-0.05, 0) is 62.0 Å². The number of hydrogen-bond donors (Lipinski definition) is 0. The molecule has 1 aliphatic rings. The molecule has 0 spiro atoms. The molecule has 34 heavy (non-hydrogen) atoms. The number of hydrogen-bond acceptors (Lipinski definition) is 1. The molecule has 0 atom stereocenters. The molecule has 2 heterocycles. The minimum atomic E-state index is -1.92. The van der Waals surface area contributed by atoms with E-state index in [1.54, 1.807) is 0 Å². The Kier molecular flexibility index (Phi) is 5.53. The highest BCUT2D eigenvalue weighted by Gasteiger charge is 2.38. The van der Waals surface area contributed by atoms with Gasteiger partial charge in [0.25, 0.3) is 0 Å². The number of nitrogens with zero attached hydrogens (tertiary/aromatic N) is 1. The Morgan fingerprint density at radius 1 is 0.824 bits per heavy atom. The number of fused-ring (bicyclic) bond motifs is 2. The van der Waals surface area contributed by atoms with Crippen molar-refractivity contribution in [3.63, 3.8) is 0 Å². The van der Waals surface area contributed by atoms with E-state index in [2.05, 4.69) is 119 Å². The third-order valence-electron chi connectivity index (χ3n) is 7.43. The SMILES string of the molecule is CC(C)c1cc(-c2nccc3c2[Si](C)(C)C(c2ccc([Si](C)(C)C)cc2)=C3)cc2ccccc12. The number of aromatic nitrogens is 1. The van der Waals surface area contributed by atoms with Crippen molar-refractivity contribution in [2.75, 3.05) is 0 Å². The quantitative estimate of drug-likeness (QED) is 0.276. The second-order valence-corrected chi connectivity index (χ2v) is 20.9. The Hall–Kier alpha value is -2.76. The predicted molar refractivity (Wildman–Crippen MR) is 156 cm³/mol. The highest BCUT2D eigenvalue weighted by atomic mass is 28.3. The second-order valence-electron chi connectivity index (χ2n) is 11.6. The molecular formula is C31H35NSi2. The van der Waals surface area contributed by atoms with Crippen LogP contribution in [0.1, 0.15) is 36.5 Å². The summed E-state index contributed by atoms with van der Waals surface area (Å²) in [6.07, 6.45) is 4.44. The first-order valence-electron chi connectivity index (χ1n) is 12.4. The Morgan fingerprint density at radius 2 is 1.53 bits per heavy atom. The lowest BCUT2D eigenvalue weighted by molar-refractivity contribution is 0.876. The van der Waals surface area contributed by atoms with Crippen molar-refractivity contribution in [2.24, 2.45) is 0 Å². The zero-order valence-corrected chi connectivity index (χ0v) is 23.5. The topological polar surface area (TPSA) is 12.9 Å². The van der Waals surface area contributed by atoms with E-state index < -0.39 is 16.1 Å². The van der Waals surface area contributed by atoms with Crippen LogP contribution in [0, 0.1) is 0 Å². The lowest BCUT2D eigenvalue weighted by atomic mass is 9.92. The molecule has 1 aromatic heterocycles. The number of pyridine rings is 1. The Labute approximate surface area is 206 Å². The van der Waals surface area contributed by atoms with Crippen molar-refractivity contribution in [1.82, 2.24) is 4.98 Å². The van der Waals surface area contributed by atoms with Crippen LogP contribution < -0.4 is 10.4 Å². The molecule has 0 saturated carbocycles. The van der Waals surface area contributed by atoms with Crippen LogP contribution in [-0.4, -0.2) is 21.1 Å². The standard InChI is InChI=1S/C31H35NSi2/c1-21(2)28-19-25(18-23-10-8-9-11-27(23)28)30-31-24(16-17-32-30)20-29(34(31,6)7)22-12-14-26(15-13-22)33(3,4)5/h8-21H,1-7H3. The van der Waals surface area contributed by atoms with Gasteiger partial charge in [0, 0.05) is 11.8 Å². The number of benzene rings is 3. The lowest BCUT2D eigenvalue weighted by Crippen LogP contribution is -2.43. The molecule has 0 amide bonds. The van der Waals surface area contributed by atoms with Crippen LogP contribution in [0.3, 0.4) is 0 Å². The third-order valence-corrected chi connectivity index (χ3v) is 13.1. The zero-order valence-electron chi connectivity index (χ0n) is 21.5. The summed E-state index contributed by atoms with van der Waals surface area (Å²) >= 11 is 0. The van der Waals surface area contributed by atoms with Gasteiger partial charge < -0.3 is 0 Å². The zero-order chi connectivity index (χ0) is 24.3. The summed E-state index contributed by atoms with van der Waals surface area (Å²) in [5.41, 5.74) is 6.56. The fourth-order valence-corrected chi connectivity index (χ4v) is 10.0. The van der Waals surface area contributed by atoms with Gasteiger partial charge in [0.15, 0.2) is 0 Å². The van der Waals surface area contributed by atoms with Crippen molar-refractivity contribution >= 4 is 48.6 Å². The highest BCUT2D eigenvalue weighted by Crippen LogP contribution is 2.38. The molecule has 0 radical (unpaired) electrons. The monoisotopic (exact) mass is 477 g/mol. The minimum Gasteiger partial charge on any atom is -0.256 e. The maximum absolute atomic E-state index is 5.00. The molecule has 5 rings (SSSR count). The molecule has 3 aromatic carbocycles. The molecule has 0 saturated heterocycles. The van der Waals surface area contributed by atoms with E-state index in [1.165, 1.54) is 54.3 Å². The first-order chi connectivity index (χ1) is 16.1. The van der Waals surface area contributed by atoms with E-state index in [0.29, 0.717) is 5.92 Å². The summed E-state index contributed by atoms with van der Waals surface area (Å²) in [5, 5.41) is 7.17. The second kappa shape index (κ2) is 8.18. The van der Waals surface area contributed by atoms with Crippen molar-refractivity contribution in [1.29, 1.82) is 0 Å². The van der Waals surface area contributed by atoms with Gasteiger partial charge in [-0.3, -0.25) is 4.98 Å². The average Bonchev–Trinajstić information content (AvgIpc) is 3.08. The average molecular weight is 478 g/mol. The fraction of sp³-hybridized carbons (Fsp3) is 0.258. The van der Waals surface area contributed by atoms with Gasteiger partial charge in [0.1, 0.15) is 8.07 Å². The summed E-state index contributed by atoms with van der Waals surface area (Å²) in [5.74, 6) is 0.463. The van der Waals surface area contributed by atoms with Gasteiger partial charge in [-0.1, -0.05) is 106 Å². The Balaban J connectivity index is 1.64. The molecule has 0 unspecified atom stereocenters. The van der Waals surface area contributed by atoms with Crippen molar-refractivity contribution in [2.45, 2.75) is 52.5 Å². The summed E-state index contributed by atoms with van der Waals surface area (Å²) < 4.78 is 0.